The molecular formula is C11H17N7O. The van der Waals surface area contributed by atoms with Crippen molar-refractivity contribution in [1.29, 1.82) is 0 Å². The van der Waals surface area contributed by atoms with Gasteiger partial charge in [-0.15, -0.1) is 0 Å². The Balaban J connectivity index is 2.19. The fourth-order valence-electron chi connectivity index (χ4n) is 1.62. The van der Waals surface area contributed by atoms with Crippen molar-refractivity contribution < 1.29 is 4.79 Å². The van der Waals surface area contributed by atoms with E-state index in [-0.39, 0.29) is 12.5 Å². The summed E-state index contributed by atoms with van der Waals surface area (Å²) in [5.41, 5.74) is 1.25. The number of H-pyrrole nitrogens is 1. The molecule has 0 unspecified atom stereocenters. The number of amides is 1. The average Bonchev–Trinajstić information content (AvgIpc) is 2.85. The standard InChI is InChI=1S/C11H17N7O/c1-3-12-7(19)5-14-9-8-10(16-6-15-8)18-11(17-9)13-4-2/h6H,3-5H2,1-2H3,(H,12,19)(H3,13,14,15,16,17,18). The molecule has 2 aromatic rings. The lowest BCUT2D eigenvalue weighted by Gasteiger charge is -2.08. The van der Waals surface area contributed by atoms with Gasteiger partial charge in [-0.2, -0.15) is 9.97 Å². The Morgan fingerprint density at radius 1 is 1.26 bits per heavy atom. The van der Waals surface area contributed by atoms with Crippen molar-refractivity contribution in [1.82, 2.24) is 25.3 Å². The molecule has 0 radical (unpaired) electrons. The van der Waals surface area contributed by atoms with Gasteiger partial charge >= 0.3 is 0 Å². The van der Waals surface area contributed by atoms with Gasteiger partial charge in [-0.3, -0.25) is 4.79 Å². The van der Waals surface area contributed by atoms with E-state index in [0.717, 1.165) is 0 Å². The summed E-state index contributed by atoms with van der Waals surface area (Å²) in [6, 6.07) is 0. The second-order valence-electron chi connectivity index (χ2n) is 3.83. The number of imidazole rings is 1. The van der Waals surface area contributed by atoms with E-state index >= 15 is 0 Å². The van der Waals surface area contributed by atoms with Gasteiger partial charge in [0.1, 0.15) is 5.52 Å². The molecule has 19 heavy (non-hydrogen) atoms. The molecule has 8 heteroatoms. The van der Waals surface area contributed by atoms with Crippen molar-refractivity contribution >= 4 is 28.8 Å². The van der Waals surface area contributed by atoms with Crippen LogP contribution in [0.1, 0.15) is 13.8 Å². The third-order valence-corrected chi connectivity index (χ3v) is 2.41. The molecule has 0 saturated carbocycles. The minimum atomic E-state index is -0.0845. The van der Waals surface area contributed by atoms with E-state index in [1.54, 1.807) is 6.33 Å². The van der Waals surface area contributed by atoms with Gasteiger partial charge in [-0.25, -0.2) is 4.98 Å². The number of fused-ring (bicyclic) bond motifs is 1. The molecule has 8 nitrogen and oxygen atoms in total. The zero-order chi connectivity index (χ0) is 13.7. The summed E-state index contributed by atoms with van der Waals surface area (Å²) >= 11 is 0. The molecule has 4 N–H and O–H groups in total. The highest BCUT2D eigenvalue weighted by Gasteiger charge is 2.10. The van der Waals surface area contributed by atoms with E-state index in [1.165, 1.54) is 0 Å². The summed E-state index contributed by atoms with van der Waals surface area (Å²) in [5.74, 6) is 0.962. The minimum absolute atomic E-state index is 0.0845. The number of nitrogens with one attached hydrogen (secondary N) is 4. The smallest absolute Gasteiger partial charge is 0.239 e. The van der Waals surface area contributed by atoms with E-state index in [0.29, 0.717) is 36.0 Å². The van der Waals surface area contributed by atoms with Gasteiger partial charge in [0.15, 0.2) is 11.5 Å². The number of rotatable bonds is 6. The zero-order valence-corrected chi connectivity index (χ0v) is 10.9. The van der Waals surface area contributed by atoms with Crippen LogP contribution in [-0.4, -0.2) is 45.5 Å². The van der Waals surface area contributed by atoms with Crippen molar-refractivity contribution in [2.75, 3.05) is 30.3 Å². The summed E-state index contributed by atoms with van der Waals surface area (Å²) in [4.78, 5) is 27.1. The van der Waals surface area contributed by atoms with Crippen LogP contribution in [0.2, 0.25) is 0 Å². The molecule has 0 spiro atoms. The number of aromatic amines is 1. The van der Waals surface area contributed by atoms with Crippen molar-refractivity contribution in [3.8, 4) is 0 Å². The zero-order valence-electron chi connectivity index (χ0n) is 10.9. The molecule has 0 aliphatic rings. The Labute approximate surface area is 110 Å². The summed E-state index contributed by atoms with van der Waals surface area (Å²) in [5, 5.41) is 8.72. The number of carbonyl (C=O) groups excluding carboxylic acids is 1. The molecule has 0 bridgehead atoms. The maximum atomic E-state index is 11.4. The largest absolute Gasteiger partial charge is 0.359 e. The molecule has 0 aliphatic heterocycles. The van der Waals surface area contributed by atoms with E-state index in [1.807, 2.05) is 13.8 Å². The second kappa shape index (κ2) is 5.98. The molecular weight excluding hydrogens is 246 g/mol. The van der Waals surface area contributed by atoms with Crippen LogP contribution in [0.5, 0.6) is 0 Å². The molecule has 2 heterocycles. The molecule has 102 valence electrons. The van der Waals surface area contributed by atoms with Crippen molar-refractivity contribution in [3.05, 3.63) is 6.33 Å². The topological polar surface area (TPSA) is 108 Å². The van der Waals surface area contributed by atoms with E-state index in [9.17, 15) is 4.79 Å². The molecule has 0 fully saturated rings. The molecule has 2 rings (SSSR count). The summed E-state index contributed by atoms with van der Waals surface area (Å²) in [6.07, 6.45) is 1.55. The Hall–Kier alpha value is -2.38. The molecule has 0 aliphatic carbocycles. The highest BCUT2D eigenvalue weighted by Crippen LogP contribution is 2.18. The Morgan fingerprint density at radius 3 is 2.84 bits per heavy atom. The molecule has 2 aromatic heterocycles. The number of hydrogen-bond donors (Lipinski definition) is 4. The average molecular weight is 263 g/mol. The first-order valence-corrected chi connectivity index (χ1v) is 6.20. The number of likely N-dealkylation sites (N-methyl/N-ethyl adjacent to an activating group) is 1. The van der Waals surface area contributed by atoms with Gasteiger partial charge in [-0.1, -0.05) is 0 Å². The number of aromatic nitrogens is 4. The first-order valence-electron chi connectivity index (χ1n) is 6.20. The van der Waals surface area contributed by atoms with Crippen LogP contribution in [0.25, 0.3) is 11.2 Å². The molecule has 0 atom stereocenters. The molecule has 0 aromatic carbocycles. The van der Waals surface area contributed by atoms with Gasteiger partial charge < -0.3 is 20.9 Å². The predicted octanol–water partition coefficient (Wildman–Crippen LogP) is 0.333. The lowest BCUT2D eigenvalue weighted by Crippen LogP contribution is -2.29. The highest BCUT2D eigenvalue weighted by molar-refractivity contribution is 5.87. The maximum Gasteiger partial charge on any atom is 0.239 e. The first kappa shape index (κ1) is 13.1. The quantitative estimate of drug-likeness (QED) is 0.598. The SMILES string of the molecule is CCNC(=O)CNc1nc(NCC)nc2nc[nH]c12. The maximum absolute atomic E-state index is 11.4. The molecule has 1 amide bonds. The number of hydrogen-bond acceptors (Lipinski definition) is 6. The third-order valence-electron chi connectivity index (χ3n) is 2.41. The summed E-state index contributed by atoms with van der Waals surface area (Å²) in [7, 11) is 0. The van der Waals surface area contributed by atoms with Crippen LogP contribution < -0.4 is 16.0 Å². The van der Waals surface area contributed by atoms with Crippen LogP contribution in [0.15, 0.2) is 6.33 Å². The predicted molar refractivity (Wildman–Crippen MR) is 73.0 cm³/mol. The van der Waals surface area contributed by atoms with E-state index in [4.69, 9.17) is 0 Å². The Morgan fingerprint density at radius 2 is 2.11 bits per heavy atom. The van der Waals surface area contributed by atoms with Crippen molar-refractivity contribution in [3.63, 3.8) is 0 Å². The van der Waals surface area contributed by atoms with Crippen LogP contribution >= 0.6 is 0 Å². The minimum Gasteiger partial charge on any atom is -0.359 e. The Kier molecular flexibility index (Phi) is 4.11. The molecule has 0 saturated heterocycles. The van der Waals surface area contributed by atoms with E-state index < -0.39 is 0 Å². The van der Waals surface area contributed by atoms with Gasteiger partial charge in [0.2, 0.25) is 11.9 Å². The first-order chi connectivity index (χ1) is 9.24. The van der Waals surface area contributed by atoms with Gasteiger partial charge in [0, 0.05) is 13.1 Å². The normalized spacial score (nSPS) is 10.4. The highest BCUT2D eigenvalue weighted by atomic mass is 16.1. The van der Waals surface area contributed by atoms with Crippen LogP contribution in [0.3, 0.4) is 0 Å². The number of carbonyl (C=O) groups is 1. The number of anilines is 2. The summed E-state index contributed by atoms with van der Waals surface area (Å²) in [6.45, 7) is 5.31. The third kappa shape index (κ3) is 3.09. The lowest BCUT2D eigenvalue weighted by atomic mass is 10.4. The van der Waals surface area contributed by atoms with Crippen LogP contribution in [-0.2, 0) is 4.79 Å². The lowest BCUT2D eigenvalue weighted by molar-refractivity contribution is -0.119. The fourth-order valence-corrected chi connectivity index (χ4v) is 1.62. The van der Waals surface area contributed by atoms with Gasteiger partial charge in [0.25, 0.3) is 0 Å². The van der Waals surface area contributed by atoms with Crippen LogP contribution in [0, 0.1) is 0 Å². The Bertz CT molecular complexity index is 565. The van der Waals surface area contributed by atoms with Crippen molar-refractivity contribution in [2.24, 2.45) is 0 Å². The second-order valence-corrected chi connectivity index (χ2v) is 3.83. The number of nitrogens with zero attached hydrogens (tertiary/aromatic N) is 3. The summed E-state index contributed by atoms with van der Waals surface area (Å²) < 4.78 is 0. The van der Waals surface area contributed by atoms with E-state index in [2.05, 4.69) is 35.9 Å². The van der Waals surface area contributed by atoms with Crippen LogP contribution in [0.4, 0.5) is 11.8 Å². The van der Waals surface area contributed by atoms with Crippen molar-refractivity contribution in [2.45, 2.75) is 13.8 Å². The monoisotopic (exact) mass is 263 g/mol. The fraction of sp³-hybridized carbons (Fsp3) is 0.455. The van der Waals surface area contributed by atoms with Gasteiger partial charge in [-0.05, 0) is 13.8 Å². The van der Waals surface area contributed by atoms with Gasteiger partial charge in [0.05, 0.1) is 12.9 Å².